The summed E-state index contributed by atoms with van der Waals surface area (Å²) >= 11 is 8.70. The molecule has 0 atom stereocenters. The Kier molecular flexibility index (Phi) is 5.81. The zero-order chi connectivity index (χ0) is 13.7. The molecule has 0 saturated carbocycles. The average Bonchev–Trinajstić information content (AvgIpc) is 2.86. The van der Waals surface area contributed by atoms with E-state index in [-0.39, 0.29) is 0 Å². The molecule has 1 aromatic heterocycles. The van der Waals surface area contributed by atoms with E-state index in [2.05, 4.69) is 48.2 Å². The van der Waals surface area contributed by atoms with Crippen molar-refractivity contribution in [1.82, 2.24) is 10.3 Å². The van der Waals surface area contributed by atoms with Crippen LogP contribution in [0.2, 0.25) is 0 Å². The van der Waals surface area contributed by atoms with Crippen molar-refractivity contribution in [2.24, 2.45) is 0 Å². The van der Waals surface area contributed by atoms with Crippen LogP contribution in [0.4, 0.5) is 0 Å². The Balaban J connectivity index is 2.05. The normalized spacial score (nSPS) is 10.7. The van der Waals surface area contributed by atoms with Crippen molar-refractivity contribution in [2.45, 2.75) is 20.0 Å². The summed E-state index contributed by atoms with van der Waals surface area (Å²) in [6, 6.07) is 4.08. The van der Waals surface area contributed by atoms with Gasteiger partial charge in [0.15, 0.2) is 0 Å². The van der Waals surface area contributed by atoms with E-state index in [1.54, 1.807) is 11.3 Å². The molecule has 102 valence electrons. The monoisotopic (exact) mass is 404 g/mol. The molecule has 0 unspecified atom stereocenters. The van der Waals surface area contributed by atoms with Gasteiger partial charge >= 0.3 is 0 Å². The lowest BCUT2D eigenvalue weighted by Crippen LogP contribution is -2.13. The van der Waals surface area contributed by atoms with E-state index in [1.165, 1.54) is 4.88 Å². The van der Waals surface area contributed by atoms with E-state index < -0.39 is 0 Å². The Labute approximate surface area is 133 Å². The third kappa shape index (κ3) is 4.27. The maximum absolute atomic E-state index is 5.69. The molecule has 19 heavy (non-hydrogen) atoms. The summed E-state index contributed by atoms with van der Waals surface area (Å²) in [6.45, 7) is 4.22. The Morgan fingerprint density at radius 3 is 2.84 bits per heavy atom. The van der Waals surface area contributed by atoms with Crippen molar-refractivity contribution < 1.29 is 4.74 Å². The van der Waals surface area contributed by atoms with Crippen LogP contribution in [0.3, 0.4) is 0 Å². The smallest absolute Gasteiger partial charge is 0.138 e. The van der Waals surface area contributed by atoms with Crippen molar-refractivity contribution in [2.75, 3.05) is 6.61 Å². The SMILES string of the molecule is CCOc1c(Br)cc(Br)cc1CNCc1cncs1. The van der Waals surface area contributed by atoms with Gasteiger partial charge in [-0.25, -0.2) is 0 Å². The van der Waals surface area contributed by atoms with Gasteiger partial charge in [0.2, 0.25) is 0 Å². The van der Waals surface area contributed by atoms with E-state index in [0.29, 0.717) is 6.61 Å². The highest BCUT2D eigenvalue weighted by atomic mass is 79.9. The van der Waals surface area contributed by atoms with Gasteiger partial charge in [0.1, 0.15) is 5.75 Å². The van der Waals surface area contributed by atoms with Gasteiger partial charge in [-0.3, -0.25) is 4.98 Å². The lowest BCUT2D eigenvalue weighted by molar-refractivity contribution is 0.333. The number of ether oxygens (including phenoxy) is 1. The molecule has 0 aliphatic heterocycles. The molecule has 0 aliphatic rings. The molecule has 1 N–H and O–H groups in total. The summed E-state index contributed by atoms with van der Waals surface area (Å²) in [4.78, 5) is 5.29. The molecular weight excluding hydrogens is 392 g/mol. The van der Waals surface area contributed by atoms with Crippen molar-refractivity contribution >= 4 is 43.2 Å². The van der Waals surface area contributed by atoms with Gasteiger partial charge in [-0.15, -0.1) is 11.3 Å². The van der Waals surface area contributed by atoms with Crippen LogP contribution in [-0.2, 0) is 13.1 Å². The van der Waals surface area contributed by atoms with Gasteiger partial charge < -0.3 is 10.1 Å². The molecule has 1 aromatic carbocycles. The molecule has 2 aromatic rings. The van der Waals surface area contributed by atoms with Crippen LogP contribution in [0.25, 0.3) is 0 Å². The maximum atomic E-state index is 5.69. The molecule has 1 heterocycles. The summed E-state index contributed by atoms with van der Waals surface area (Å²) < 4.78 is 7.70. The molecule has 0 amide bonds. The second-order valence-electron chi connectivity index (χ2n) is 3.88. The summed E-state index contributed by atoms with van der Waals surface area (Å²) in [5, 5.41) is 3.41. The fraction of sp³-hybridized carbons (Fsp3) is 0.308. The largest absolute Gasteiger partial charge is 0.492 e. The van der Waals surface area contributed by atoms with E-state index in [4.69, 9.17) is 4.74 Å². The first-order valence-electron chi connectivity index (χ1n) is 5.89. The average molecular weight is 406 g/mol. The molecule has 0 saturated heterocycles. The van der Waals surface area contributed by atoms with Crippen LogP contribution < -0.4 is 10.1 Å². The standard InChI is InChI=1S/C13H14Br2N2OS/c1-2-18-13-9(3-10(14)4-12(13)15)5-16-6-11-7-17-8-19-11/h3-4,7-8,16H,2,5-6H2,1H3. The van der Waals surface area contributed by atoms with Crippen LogP contribution in [0.5, 0.6) is 5.75 Å². The number of halogens is 2. The summed E-state index contributed by atoms with van der Waals surface area (Å²) in [5.41, 5.74) is 2.98. The molecule has 0 radical (unpaired) electrons. The minimum Gasteiger partial charge on any atom is -0.492 e. The van der Waals surface area contributed by atoms with Crippen LogP contribution >= 0.6 is 43.2 Å². The van der Waals surface area contributed by atoms with Crippen LogP contribution in [0, 0.1) is 0 Å². The number of thiazole rings is 1. The second-order valence-corrected chi connectivity index (χ2v) is 6.62. The fourth-order valence-corrected chi connectivity index (χ4v) is 3.69. The predicted molar refractivity (Wildman–Crippen MR) is 85.7 cm³/mol. The van der Waals surface area contributed by atoms with Gasteiger partial charge in [-0.1, -0.05) is 15.9 Å². The third-order valence-electron chi connectivity index (χ3n) is 2.47. The van der Waals surface area contributed by atoms with Gasteiger partial charge in [-0.05, 0) is 35.0 Å². The van der Waals surface area contributed by atoms with E-state index in [1.807, 2.05) is 24.7 Å². The van der Waals surface area contributed by atoms with E-state index >= 15 is 0 Å². The quantitative estimate of drug-likeness (QED) is 0.775. The van der Waals surface area contributed by atoms with E-state index in [0.717, 1.165) is 33.3 Å². The van der Waals surface area contributed by atoms with Crippen molar-refractivity contribution in [1.29, 1.82) is 0 Å². The molecule has 0 aliphatic carbocycles. The number of rotatable bonds is 6. The predicted octanol–water partition coefficient (Wildman–Crippen LogP) is 4.36. The summed E-state index contributed by atoms with van der Waals surface area (Å²) in [5.74, 6) is 0.905. The minimum atomic E-state index is 0.655. The Morgan fingerprint density at radius 2 is 2.16 bits per heavy atom. The molecule has 6 heteroatoms. The molecular formula is C13H14Br2N2OS. The highest BCUT2D eigenvalue weighted by Crippen LogP contribution is 2.33. The van der Waals surface area contributed by atoms with Crippen molar-refractivity contribution in [3.63, 3.8) is 0 Å². The first-order chi connectivity index (χ1) is 9.20. The van der Waals surface area contributed by atoms with Gasteiger partial charge in [0.05, 0.1) is 16.6 Å². The molecule has 0 fully saturated rings. The zero-order valence-corrected chi connectivity index (χ0v) is 14.4. The number of nitrogens with zero attached hydrogens (tertiary/aromatic N) is 1. The number of nitrogens with one attached hydrogen (secondary N) is 1. The molecule has 3 nitrogen and oxygen atoms in total. The van der Waals surface area contributed by atoms with Gasteiger partial charge in [0, 0.05) is 34.2 Å². The van der Waals surface area contributed by atoms with Crippen LogP contribution in [0.15, 0.2) is 32.8 Å². The number of benzene rings is 1. The fourth-order valence-electron chi connectivity index (χ4n) is 1.70. The first kappa shape index (κ1) is 15.0. The summed E-state index contributed by atoms with van der Waals surface area (Å²) in [7, 11) is 0. The van der Waals surface area contributed by atoms with Crippen LogP contribution in [-0.4, -0.2) is 11.6 Å². The van der Waals surface area contributed by atoms with Crippen molar-refractivity contribution in [3.05, 3.63) is 43.2 Å². The number of hydrogen-bond acceptors (Lipinski definition) is 4. The molecule has 0 bridgehead atoms. The highest BCUT2D eigenvalue weighted by molar-refractivity contribution is 9.11. The lowest BCUT2D eigenvalue weighted by Gasteiger charge is -2.13. The van der Waals surface area contributed by atoms with Gasteiger partial charge in [0.25, 0.3) is 0 Å². The highest BCUT2D eigenvalue weighted by Gasteiger charge is 2.09. The lowest BCUT2D eigenvalue weighted by atomic mass is 10.2. The topological polar surface area (TPSA) is 34.1 Å². The molecule has 0 spiro atoms. The van der Waals surface area contributed by atoms with Crippen molar-refractivity contribution in [3.8, 4) is 5.75 Å². The van der Waals surface area contributed by atoms with Crippen LogP contribution in [0.1, 0.15) is 17.4 Å². The Bertz CT molecular complexity index is 532. The molecule has 2 rings (SSSR count). The number of hydrogen-bond donors (Lipinski definition) is 1. The minimum absolute atomic E-state index is 0.655. The maximum Gasteiger partial charge on any atom is 0.138 e. The van der Waals surface area contributed by atoms with E-state index in [9.17, 15) is 0 Å². The van der Waals surface area contributed by atoms with Gasteiger partial charge in [-0.2, -0.15) is 0 Å². The second kappa shape index (κ2) is 7.38. The zero-order valence-electron chi connectivity index (χ0n) is 10.5. The first-order valence-corrected chi connectivity index (χ1v) is 8.36. The Hall–Kier alpha value is -0.430. The number of aromatic nitrogens is 1. The third-order valence-corrected chi connectivity index (χ3v) is 4.30. The summed E-state index contributed by atoms with van der Waals surface area (Å²) in [6.07, 6.45) is 1.89. The Morgan fingerprint density at radius 1 is 1.32 bits per heavy atom.